The number of aromatic nitrogens is 3. The number of ketones is 1. The summed E-state index contributed by atoms with van der Waals surface area (Å²) in [5.74, 6) is 3.62. The summed E-state index contributed by atoms with van der Waals surface area (Å²) < 4.78 is 10.5. The molecule has 2 heterocycles. The van der Waals surface area contributed by atoms with Crippen LogP contribution in [0.3, 0.4) is 0 Å². The number of aryl methyl sites for hydroxylation is 1. The van der Waals surface area contributed by atoms with Gasteiger partial charge in [0.2, 0.25) is 5.82 Å². The van der Waals surface area contributed by atoms with Crippen molar-refractivity contribution < 1.29 is 14.1 Å². The van der Waals surface area contributed by atoms with Crippen LogP contribution >= 0.6 is 0 Å². The van der Waals surface area contributed by atoms with E-state index in [1.165, 1.54) is 17.5 Å². The third-order valence-electron chi connectivity index (χ3n) is 5.72. The summed E-state index contributed by atoms with van der Waals surface area (Å²) in [5, 5.41) is 4.83. The van der Waals surface area contributed by atoms with E-state index in [4.69, 9.17) is 9.84 Å². The molecule has 0 spiro atoms. The number of rotatable bonds is 6. The first-order valence-electron chi connectivity index (χ1n) is 10.9. The number of fused-ring (bicyclic) bond motifs is 1. The molecule has 5 nitrogen and oxygen atoms in total. The summed E-state index contributed by atoms with van der Waals surface area (Å²) in [4.78, 5) is 12.7. The molecule has 0 amide bonds. The summed E-state index contributed by atoms with van der Waals surface area (Å²) in [5.41, 5.74) is 2.05. The molecule has 0 unspecified atom stereocenters. The minimum absolute atomic E-state index is 0.209. The van der Waals surface area contributed by atoms with E-state index in [1.807, 2.05) is 25.5 Å². The summed E-state index contributed by atoms with van der Waals surface area (Å²) in [6, 6.07) is 6.40. The number of carbonyl (C=O) groups excluding carboxylic acids is 1. The SMILES string of the molecule is Cc1ccc(C(C)C)c(OCc2nn(CC(=O)C(C)(C)C)c3[n+]2CCCCC3)c1. The Balaban J connectivity index is 1.88. The van der Waals surface area contributed by atoms with E-state index in [9.17, 15) is 4.79 Å². The Bertz CT molecular complexity index is 875. The maximum absolute atomic E-state index is 12.7. The Kier molecular flexibility index (Phi) is 6.45. The quantitative estimate of drug-likeness (QED) is 0.672. The van der Waals surface area contributed by atoms with Crippen LogP contribution in [0.4, 0.5) is 0 Å². The van der Waals surface area contributed by atoms with Gasteiger partial charge in [-0.05, 0) is 49.3 Å². The Labute approximate surface area is 175 Å². The highest BCUT2D eigenvalue weighted by Gasteiger charge is 2.31. The van der Waals surface area contributed by atoms with E-state index < -0.39 is 0 Å². The van der Waals surface area contributed by atoms with Crippen LogP contribution in [0.25, 0.3) is 0 Å². The van der Waals surface area contributed by atoms with Gasteiger partial charge in [0.1, 0.15) is 5.75 Å². The van der Waals surface area contributed by atoms with Crippen LogP contribution in [-0.2, 0) is 30.9 Å². The van der Waals surface area contributed by atoms with Crippen LogP contribution in [0.1, 0.15) is 82.6 Å². The van der Waals surface area contributed by atoms with E-state index in [0.717, 1.165) is 43.2 Å². The molecule has 0 radical (unpaired) electrons. The van der Waals surface area contributed by atoms with Gasteiger partial charge in [-0.3, -0.25) is 4.79 Å². The number of carbonyl (C=O) groups is 1. The molecular weight excluding hydrogens is 362 g/mol. The van der Waals surface area contributed by atoms with E-state index in [2.05, 4.69) is 43.5 Å². The van der Waals surface area contributed by atoms with Gasteiger partial charge in [0, 0.05) is 16.9 Å². The fraction of sp³-hybridized carbons (Fsp3) is 0.625. The maximum atomic E-state index is 12.7. The second kappa shape index (κ2) is 8.68. The van der Waals surface area contributed by atoms with Gasteiger partial charge < -0.3 is 4.74 Å². The van der Waals surface area contributed by atoms with Crippen molar-refractivity contribution in [2.75, 3.05) is 0 Å². The zero-order chi connectivity index (χ0) is 21.2. The van der Waals surface area contributed by atoms with Gasteiger partial charge in [0.05, 0.1) is 6.54 Å². The molecule has 1 aromatic carbocycles. The second-order valence-electron chi connectivity index (χ2n) is 9.61. The van der Waals surface area contributed by atoms with Crippen LogP contribution in [0, 0.1) is 12.3 Å². The maximum Gasteiger partial charge on any atom is 0.315 e. The summed E-state index contributed by atoms with van der Waals surface area (Å²) in [7, 11) is 0. The molecule has 0 fully saturated rings. The zero-order valence-corrected chi connectivity index (χ0v) is 18.9. The largest absolute Gasteiger partial charge is 0.482 e. The molecule has 1 aromatic heterocycles. The predicted octanol–water partition coefficient (Wildman–Crippen LogP) is 4.52. The predicted molar refractivity (Wildman–Crippen MR) is 114 cm³/mol. The number of hydrogen-bond acceptors (Lipinski definition) is 3. The average Bonchev–Trinajstić information content (AvgIpc) is 2.80. The lowest BCUT2D eigenvalue weighted by Crippen LogP contribution is -2.41. The summed E-state index contributed by atoms with van der Waals surface area (Å²) in [6.45, 7) is 14.1. The third kappa shape index (κ3) is 5.06. The minimum atomic E-state index is -0.362. The van der Waals surface area contributed by atoms with Crippen molar-refractivity contribution in [2.45, 2.75) is 92.8 Å². The summed E-state index contributed by atoms with van der Waals surface area (Å²) >= 11 is 0. The fourth-order valence-corrected chi connectivity index (χ4v) is 3.78. The second-order valence-corrected chi connectivity index (χ2v) is 9.61. The lowest BCUT2D eigenvalue weighted by atomic mass is 9.91. The zero-order valence-electron chi connectivity index (χ0n) is 18.9. The average molecular weight is 399 g/mol. The number of Topliss-reactive ketones (excluding diaryl/α,β-unsaturated/α-hetero) is 1. The Morgan fingerprint density at radius 3 is 2.69 bits per heavy atom. The van der Waals surface area contributed by atoms with Gasteiger partial charge in [0.15, 0.2) is 18.9 Å². The Morgan fingerprint density at radius 1 is 1.24 bits per heavy atom. The van der Waals surface area contributed by atoms with Crippen molar-refractivity contribution in [2.24, 2.45) is 5.41 Å². The van der Waals surface area contributed by atoms with Crippen molar-refractivity contribution in [3.8, 4) is 5.75 Å². The number of ether oxygens (including phenoxy) is 1. The molecular formula is C24H36N3O2+. The van der Waals surface area contributed by atoms with E-state index in [-0.39, 0.29) is 11.2 Å². The van der Waals surface area contributed by atoms with Crippen LogP contribution < -0.4 is 9.30 Å². The first kappa shape index (κ1) is 21.5. The highest BCUT2D eigenvalue weighted by molar-refractivity contribution is 5.83. The smallest absolute Gasteiger partial charge is 0.315 e. The molecule has 0 N–H and O–H groups in total. The fourth-order valence-electron chi connectivity index (χ4n) is 3.78. The molecule has 0 aliphatic carbocycles. The Hall–Kier alpha value is -2.17. The van der Waals surface area contributed by atoms with Gasteiger partial charge in [0.25, 0.3) is 0 Å². The third-order valence-corrected chi connectivity index (χ3v) is 5.72. The standard InChI is InChI=1S/C24H36N3O2/c1-17(2)19-12-11-18(3)14-20(19)29-16-22-25-27(15-21(28)24(4,5)6)23-10-8-7-9-13-26(22)23/h11-12,14,17H,7-10,13,15-16H2,1-6H3/q+1. The molecule has 0 atom stereocenters. The molecule has 1 aliphatic rings. The molecule has 3 rings (SSSR count). The van der Waals surface area contributed by atoms with E-state index in [1.54, 1.807) is 0 Å². The van der Waals surface area contributed by atoms with Crippen LogP contribution in [0.15, 0.2) is 18.2 Å². The van der Waals surface area contributed by atoms with Gasteiger partial charge in [-0.25, -0.2) is 4.57 Å². The van der Waals surface area contributed by atoms with E-state index in [0.29, 0.717) is 19.1 Å². The van der Waals surface area contributed by atoms with Crippen molar-refractivity contribution >= 4 is 5.78 Å². The molecule has 158 valence electrons. The van der Waals surface area contributed by atoms with Crippen molar-refractivity contribution in [1.29, 1.82) is 0 Å². The van der Waals surface area contributed by atoms with Gasteiger partial charge in [-0.15, -0.1) is 4.68 Å². The van der Waals surface area contributed by atoms with Gasteiger partial charge in [-0.2, -0.15) is 0 Å². The number of benzene rings is 1. The minimum Gasteiger partial charge on any atom is -0.482 e. The van der Waals surface area contributed by atoms with Crippen molar-refractivity contribution in [1.82, 2.24) is 9.78 Å². The monoisotopic (exact) mass is 398 g/mol. The molecule has 0 saturated heterocycles. The molecule has 29 heavy (non-hydrogen) atoms. The van der Waals surface area contributed by atoms with Gasteiger partial charge in [-0.1, -0.05) is 46.8 Å². The van der Waals surface area contributed by atoms with E-state index >= 15 is 0 Å². The molecule has 0 bridgehead atoms. The molecule has 1 aliphatic heterocycles. The highest BCUT2D eigenvalue weighted by atomic mass is 16.5. The molecule has 5 heteroatoms. The summed E-state index contributed by atoms with van der Waals surface area (Å²) in [6.07, 6.45) is 4.47. The van der Waals surface area contributed by atoms with Crippen LogP contribution in [0.5, 0.6) is 5.75 Å². The number of nitrogens with zero attached hydrogens (tertiary/aromatic N) is 3. The van der Waals surface area contributed by atoms with Crippen molar-refractivity contribution in [3.63, 3.8) is 0 Å². The first-order chi connectivity index (χ1) is 13.7. The van der Waals surface area contributed by atoms with Crippen LogP contribution in [0.2, 0.25) is 0 Å². The normalized spacial score (nSPS) is 14.6. The Morgan fingerprint density at radius 2 is 2.00 bits per heavy atom. The topological polar surface area (TPSA) is 48.0 Å². The van der Waals surface area contributed by atoms with Gasteiger partial charge >= 0.3 is 5.82 Å². The molecule has 0 saturated carbocycles. The van der Waals surface area contributed by atoms with Crippen molar-refractivity contribution in [3.05, 3.63) is 41.0 Å². The van der Waals surface area contributed by atoms with Crippen LogP contribution in [-0.4, -0.2) is 15.6 Å². The number of hydrogen-bond donors (Lipinski definition) is 0. The lowest BCUT2D eigenvalue weighted by molar-refractivity contribution is -0.712. The first-order valence-corrected chi connectivity index (χ1v) is 10.9. The lowest BCUT2D eigenvalue weighted by Gasteiger charge is -2.14. The highest BCUT2D eigenvalue weighted by Crippen LogP contribution is 2.28. The molecule has 2 aromatic rings.